The van der Waals surface area contributed by atoms with Gasteiger partial charge in [-0.1, -0.05) is 5.92 Å². The van der Waals surface area contributed by atoms with Crippen molar-refractivity contribution in [1.29, 1.82) is 0 Å². The number of hydrogen-bond donors (Lipinski definition) is 2. The van der Waals surface area contributed by atoms with E-state index in [1.165, 1.54) is 7.11 Å². The molecule has 0 aliphatic carbocycles. The molecule has 0 aromatic rings. The van der Waals surface area contributed by atoms with E-state index in [-0.39, 0.29) is 5.57 Å². The van der Waals surface area contributed by atoms with E-state index in [0.29, 0.717) is 0 Å². The van der Waals surface area contributed by atoms with E-state index >= 15 is 0 Å². The van der Waals surface area contributed by atoms with Gasteiger partial charge in [-0.2, -0.15) is 0 Å². The zero-order valence-corrected chi connectivity index (χ0v) is 6.85. The number of methoxy groups -OCH3 is 1. The second-order valence-corrected chi connectivity index (χ2v) is 2.06. The maximum absolute atomic E-state index is 10.4. The first-order valence-electron chi connectivity index (χ1n) is 3.19. The fourth-order valence-corrected chi connectivity index (χ4v) is 0.684. The number of rotatable bonds is 4. The predicted molar refractivity (Wildman–Crippen MR) is 42.7 cm³/mol. The molecule has 70 valence electrons. The minimum absolute atomic E-state index is 0.234. The Kier molecular flexibility index (Phi) is 4.10. The Bertz CT molecular complexity index is 269. The van der Waals surface area contributed by atoms with E-state index in [9.17, 15) is 9.59 Å². The zero-order valence-electron chi connectivity index (χ0n) is 6.85. The standard InChI is InChI=1S/C8H8O5/c1-3-5(4-13-2)6(7(9)10)8(11)12/h1,4,6H,2H3,(H,9,10)(H,11,12)/b5-4+. The lowest BCUT2D eigenvalue weighted by atomic mass is 10.0. The summed E-state index contributed by atoms with van der Waals surface area (Å²) in [7, 11) is 1.25. The molecule has 0 aliphatic heterocycles. The summed E-state index contributed by atoms with van der Waals surface area (Å²) in [4.78, 5) is 20.9. The topological polar surface area (TPSA) is 83.8 Å². The fourth-order valence-electron chi connectivity index (χ4n) is 0.684. The molecule has 0 aliphatic rings. The number of carboxylic acids is 2. The van der Waals surface area contributed by atoms with Crippen molar-refractivity contribution in [2.45, 2.75) is 0 Å². The van der Waals surface area contributed by atoms with Crippen molar-refractivity contribution in [3.8, 4) is 12.3 Å². The van der Waals surface area contributed by atoms with Crippen molar-refractivity contribution in [2.24, 2.45) is 5.92 Å². The van der Waals surface area contributed by atoms with Crippen LogP contribution in [0.2, 0.25) is 0 Å². The Morgan fingerprint density at radius 2 is 1.92 bits per heavy atom. The van der Waals surface area contributed by atoms with Crippen molar-refractivity contribution in [2.75, 3.05) is 7.11 Å². The lowest BCUT2D eigenvalue weighted by molar-refractivity contribution is -0.152. The normalized spacial score (nSPS) is 10.7. The van der Waals surface area contributed by atoms with Crippen molar-refractivity contribution in [1.82, 2.24) is 0 Å². The summed E-state index contributed by atoms with van der Waals surface area (Å²) in [6.45, 7) is 0. The Balaban J connectivity index is 4.95. The van der Waals surface area contributed by atoms with Gasteiger partial charge in [0, 0.05) is 0 Å². The van der Waals surface area contributed by atoms with Crippen molar-refractivity contribution in [3.05, 3.63) is 11.8 Å². The van der Waals surface area contributed by atoms with Gasteiger partial charge >= 0.3 is 11.9 Å². The smallest absolute Gasteiger partial charge is 0.323 e. The molecule has 2 N–H and O–H groups in total. The second-order valence-electron chi connectivity index (χ2n) is 2.06. The van der Waals surface area contributed by atoms with Gasteiger partial charge in [0.05, 0.1) is 18.9 Å². The van der Waals surface area contributed by atoms with Crippen LogP contribution in [0.4, 0.5) is 0 Å². The summed E-state index contributed by atoms with van der Waals surface area (Å²) >= 11 is 0. The van der Waals surface area contributed by atoms with E-state index in [1.807, 2.05) is 5.92 Å². The lowest BCUT2D eigenvalue weighted by Gasteiger charge is -2.05. The zero-order chi connectivity index (χ0) is 10.4. The van der Waals surface area contributed by atoms with Crippen LogP contribution >= 0.6 is 0 Å². The molecule has 0 amide bonds. The molecule has 0 atom stereocenters. The average molecular weight is 184 g/mol. The van der Waals surface area contributed by atoms with Gasteiger partial charge in [0.2, 0.25) is 0 Å². The van der Waals surface area contributed by atoms with Gasteiger partial charge in [0.1, 0.15) is 0 Å². The van der Waals surface area contributed by atoms with Crippen LogP contribution in [0.15, 0.2) is 11.8 Å². The van der Waals surface area contributed by atoms with Crippen LogP contribution < -0.4 is 0 Å². The molecule has 0 spiro atoms. The van der Waals surface area contributed by atoms with E-state index in [2.05, 4.69) is 4.74 Å². The molecule has 0 unspecified atom stereocenters. The first-order chi connectivity index (χ1) is 6.04. The Hall–Kier alpha value is -1.96. The van der Waals surface area contributed by atoms with Gasteiger partial charge in [-0.3, -0.25) is 9.59 Å². The van der Waals surface area contributed by atoms with Gasteiger partial charge in [-0.15, -0.1) is 6.42 Å². The molecule has 0 fully saturated rings. The first-order valence-corrected chi connectivity index (χ1v) is 3.19. The molecule has 0 aromatic carbocycles. The maximum Gasteiger partial charge on any atom is 0.323 e. The monoisotopic (exact) mass is 184 g/mol. The highest BCUT2D eigenvalue weighted by Crippen LogP contribution is 2.10. The summed E-state index contributed by atoms with van der Waals surface area (Å²) in [5.74, 6) is -2.84. The summed E-state index contributed by atoms with van der Waals surface area (Å²) in [6, 6.07) is 0. The number of hydrogen-bond acceptors (Lipinski definition) is 3. The minimum Gasteiger partial charge on any atom is -0.503 e. The van der Waals surface area contributed by atoms with Crippen LogP contribution in [0.25, 0.3) is 0 Å². The molecule has 0 rings (SSSR count). The average Bonchev–Trinajstić information content (AvgIpc) is 2.02. The van der Waals surface area contributed by atoms with Crippen LogP contribution in [0.3, 0.4) is 0 Å². The number of aliphatic carboxylic acids is 2. The van der Waals surface area contributed by atoms with Gasteiger partial charge in [-0.25, -0.2) is 0 Å². The number of carbonyl (C=O) groups is 2. The number of terminal acetylenes is 1. The summed E-state index contributed by atoms with van der Waals surface area (Å²) in [5.41, 5.74) is -0.234. The molecule has 5 heteroatoms. The van der Waals surface area contributed by atoms with Crippen LogP contribution in [0.5, 0.6) is 0 Å². The molecule has 0 saturated carbocycles. The van der Waals surface area contributed by atoms with Crippen LogP contribution in [0, 0.1) is 18.3 Å². The Morgan fingerprint density at radius 3 is 2.15 bits per heavy atom. The van der Waals surface area contributed by atoms with Crippen LogP contribution in [-0.4, -0.2) is 29.3 Å². The SMILES string of the molecule is C#C/C(=C\OC)C(C(=O)O)C(=O)O. The quantitative estimate of drug-likeness (QED) is 0.363. The lowest BCUT2D eigenvalue weighted by Crippen LogP contribution is -2.25. The summed E-state index contributed by atoms with van der Waals surface area (Å²) < 4.78 is 4.44. The third kappa shape index (κ3) is 2.87. The molecule has 0 aromatic heterocycles. The minimum atomic E-state index is -1.75. The van der Waals surface area contributed by atoms with Gasteiger partial charge in [0.25, 0.3) is 0 Å². The third-order valence-electron chi connectivity index (χ3n) is 1.22. The molecule has 13 heavy (non-hydrogen) atoms. The van der Waals surface area contributed by atoms with Gasteiger partial charge in [-0.05, 0) is 0 Å². The van der Waals surface area contributed by atoms with Crippen molar-refractivity contribution < 1.29 is 24.5 Å². The Morgan fingerprint density at radius 1 is 1.46 bits per heavy atom. The maximum atomic E-state index is 10.4. The molecule has 0 heterocycles. The van der Waals surface area contributed by atoms with Crippen molar-refractivity contribution >= 4 is 11.9 Å². The van der Waals surface area contributed by atoms with Gasteiger partial charge in [0.15, 0.2) is 5.92 Å². The largest absolute Gasteiger partial charge is 0.503 e. The fraction of sp³-hybridized carbons (Fsp3) is 0.250. The van der Waals surface area contributed by atoms with Crippen LogP contribution in [-0.2, 0) is 14.3 Å². The Labute approximate surface area is 74.6 Å². The molecule has 0 radical (unpaired) electrons. The first kappa shape index (κ1) is 11.0. The highest BCUT2D eigenvalue weighted by Gasteiger charge is 2.29. The van der Waals surface area contributed by atoms with Crippen molar-refractivity contribution in [3.63, 3.8) is 0 Å². The van der Waals surface area contributed by atoms with E-state index in [4.69, 9.17) is 16.6 Å². The third-order valence-corrected chi connectivity index (χ3v) is 1.22. The molecule has 0 saturated heterocycles. The second kappa shape index (κ2) is 4.83. The molecule has 0 bridgehead atoms. The summed E-state index contributed by atoms with van der Waals surface area (Å²) in [5, 5.41) is 17.0. The molecular weight excluding hydrogens is 176 g/mol. The number of carboxylic acid groups (broad SMARTS) is 2. The highest BCUT2D eigenvalue weighted by atomic mass is 16.5. The van der Waals surface area contributed by atoms with E-state index in [1.54, 1.807) is 0 Å². The van der Waals surface area contributed by atoms with Gasteiger partial charge < -0.3 is 14.9 Å². The highest BCUT2D eigenvalue weighted by molar-refractivity contribution is 5.97. The van der Waals surface area contributed by atoms with E-state index in [0.717, 1.165) is 6.26 Å². The van der Waals surface area contributed by atoms with Crippen LogP contribution in [0.1, 0.15) is 0 Å². The molecule has 5 nitrogen and oxygen atoms in total. The molecular formula is C8H8O5. The number of ether oxygens (including phenoxy) is 1. The van der Waals surface area contributed by atoms with E-state index < -0.39 is 17.9 Å². The predicted octanol–water partition coefficient (Wildman–Crippen LogP) is -0.0647. The summed E-state index contributed by atoms with van der Waals surface area (Å²) in [6.07, 6.45) is 5.83.